The van der Waals surface area contributed by atoms with E-state index in [9.17, 15) is 126 Å². The van der Waals surface area contributed by atoms with Crippen molar-refractivity contribution in [2.75, 3.05) is 39.1 Å². The van der Waals surface area contributed by atoms with E-state index in [1.807, 2.05) is 16.0 Å². The molecule has 4 unspecified atom stereocenters. The summed E-state index contributed by atoms with van der Waals surface area (Å²) in [6.07, 6.45) is -2.96. The van der Waals surface area contributed by atoms with Gasteiger partial charge in [0.15, 0.2) is 5.78 Å². The number of primary amides is 1. The number of aromatic amines is 1. The molecule has 3 aromatic carbocycles. The van der Waals surface area contributed by atoms with Gasteiger partial charge < -0.3 is 126 Å². The highest BCUT2D eigenvalue weighted by Crippen LogP contribution is 2.23. The maximum Gasteiger partial charge on any atom is 0.329 e. The number of ketones is 1. The number of aliphatic carboxylic acids is 4. The van der Waals surface area contributed by atoms with Gasteiger partial charge in [-0.3, -0.25) is 95.9 Å². The summed E-state index contributed by atoms with van der Waals surface area (Å²) in [4.78, 5) is 293. The molecule has 0 saturated carbocycles. The highest BCUT2D eigenvalue weighted by Gasteiger charge is 2.41. The Hall–Kier alpha value is -14.2. The average molecular weight is 1750 g/mol. The number of nitrogen functional groups attached to an aromatic ring is 1. The number of aromatic nitrogens is 1. The minimum atomic E-state index is -2.50. The van der Waals surface area contributed by atoms with Crippen molar-refractivity contribution in [2.45, 2.75) is 209 Å². The number of nitrogens with two attached hydrogens (primary N) is 2. The zero-order chi connectivity index (χ0) is 92.7. The number of rotatable bonds is 38. The number of ether oxygens (including phenoxy) is 2. The fraction of sp³-hybridized carbons (Fsp3) is 0.487. The van der Waals surface area contributed by atoms with Gasteiger partial charge in [0.05, 0.1) is 64.5 Å². The molecule has 1 aliphatic rings. The summed E-state index contributed by atoms with van der Waals surface area (Å²) < 4.78 is 11.0. The zero-order valence-electron chi connectivity index (χ0n) is 69.1. The molecule has 2 heterocycles. The van der Waals surface area contributed by atoms with Gasteiger partial charge in [0.1, 0.15) is 78.3 Å². The molecule has 680 valence electrons. The minimum absolute atomic E-state index is 0.0315. The number of hydrogen-bond donors (Lipinski definition) is 22. The van der Waals surface area contributed by atoms with Crippen LogP contribution in [0.2, 0.25) is 0 Å². The third-order valence-corrected chi connectivity index (χ3v) is 19.5. The molecular weight excluding hydrogens is 1650 g/mol. The van der Waals surface area contributed by atoms with Crippen LogP contribution in [0.15, 0.2) is 79.0 Å². The summed E-state index contributed by atoms with van der Waals surface area (Å²) in [6.45, 7) is 0.842. The van der Waals surface area contributed by atoms with Crippen LogP contribution in [-0.4, -0.2) is 261 Å². The lowest BCUT2D eigenvalue weighted by atomic mass is 9.96. The molecular formula is C80H107N17O28. The highest BCUT2D eigenvalue weighted by atomic mass is 16.5. The van der Waals surface area contributed by atoms with Crippen LogP contribution in [0.25, 0.3) is 10.9 Å². The summed E-state index contributed by atoms with van der Waals surface area (Å²) in [7, 11) is 1.29. The van der Waals surface area contributed by atoms with E-state index >= 15 is 0 Å². The number of carboxylic acids is 4. The number of para-hydroxylation sites is 3. The molecule has 45 nitrogen and oxygen atoms in total. The minimum Gasteiger partial charge on any atom is -0.496 e. The number of Topliss-reactive ketones (excluding diaryl/α,β-unsaturated/α-hetero) is 1. The standard InChI is InChI=1S/C80H107N17O28/c1-6-7-8-9-10-11-12-27-60(101)89-50(30-43-36-84-48-24-17-14-20-44(43)48)74(117)92-51(32-59(82)100)75(118)94-54(35-66(110)111)76(119)97-68-42(4)125-80(123)55(31-57(99)45-21-13-16-23-47(45)81)95-79(122)67(40(2)29-63(104)105)96-77(120)56(39-98)90-62(103)37-85-71(114)52(33-64(106)107)91-69(112)41(3)87-73(116)53(34-65(108)109)93-72(115)49(88-61(102)38-86-78(68)121)25-19-28-83-70(113)46-22-15-18-26-58(46)124-5/h13-18,20-24,26,36,40-42,49-56,67-68,84,98H,6-12,19,25,27-35,37-39,81H2,1-5H3,(H2,82,100)(H,83,113)(H,85,114)(H,86,121)(H,87,116)(H,88,102)(H,89,101)(H,90,103)(H,91,112)(H,92,117)(H,93,115)(H,94,118)(H,95,122)(H,96,120)(H,97,119)(H,104,105)(H,106,107)(H,108,109)(H,110,111)/t40-,41-,42?,49+,50+,51+,52+,53?,54+,55+,56-,67?,68?/m1/s1. The van der Waals surface area contributed by atoms with E-state index in [1.54, 1.807) is 36.5 Å². The van der Waals surface area contributed by atoms with Gasteiger partial charge in [-0.05, 0) is 74.9 Å². The summed E-state index contributed by atoms with van der Waals surface area (Å²) >= 11 is 0. The molecule has 1 aromatic heterocycles. The molecule has 0 spiro atoms. The van der Waals surface area contributed by atoms with Crippen molar-refractivity contribution in [1.82, 2.24) is 79.4 Å². The predicted octanol–water partition coefficient (Wildman–Crippen LogP) is -4.14. The molecule has 1 fully saturated rings. The van der Waals surface area contributed by atoms with Gasteiger partial charge in [0, 0.05) is 54.2 Å². The number of aliphatic hydroxyl groups excluding tert-OH is 1. The van der Waals surface area contributed by atoms with E-state index in [-0.39, 0.29) is 48.4 Å². The number of aliphatic hydroxyl groups is 1. The van der Waals surface area contributed by atoms with Gasteiger partial charge in [0.2, 0.25) is 82.7 Å². The number of unbranched alkanes of at least 4 members (excludes halogenated alkanes) is 6. The molecule has 4 aromatic rings. The Bertz CT molecular complexity index is 4600. The number of hydrogen-bond acceptors (Lipinski definition) is 25. The van der Waals surface area contributed by atoms with Crippen molar-refractivity contribution < 1.29 is 136 Å². The Morgan fingerprint density at radius 2 is 1.09 bits per heavy atom. The molecule has 45 heteroatoms. The lowest BCUT2D eigenvalue weighted by Crippen LogP contribution is -2.62. The topological polar surface area (TPSA) is 714 Å². The van der Waals surface area contributed by atoms with Crippen molar-refractivity contribution in [2.24, 2.45) is 11.7 Å². The largest absolute Gasteiger partial charge is 0.496 e. The summed E-state index contributed by atoms with van der Waals surface area (Å²) in [5, 5.41) is 81.8. The highest BCUT2D eigenvalue weighted by molar-refractivity contribution is 6.05. The number of esters is 1. The smallest absolute Gasteiger partial charge is 0.329 e. The van der Waals surface area contributed by atoms with Crippen molar-refractivity contribution in [1.29, 1.82) is 0 Å². The third kappa shape index (κ3) is 34.0. The Kier molecular flexibility index (Phi) is 41.3. The monoisotopic (exact) mass is 1750 g/mol. The first-order valence-corrected chi connectivity index (χ1v) is 39.9. The van der Waals surface area contributed by atoms with Gasteiger partial charge in [-0.25, -0.2) is 4.79 Å². The van der Waals surface area contributed by atoms with Gasteiger partial charge >= 0.3 is 29.8 Å². The number of cyclic esters (lactones) is 1. The van der Waals surface area contributed by atoms with Gasteiger partial charge in [0.25, 0.3) is 5.91 Å². The van der Waals surface area contributed by atoms with Crippen LogP contribution in [0.4, 0.5) is 5.69 Å². The number of methoxy groups -OCH3 is 1. The first kappa shape index (κ1) is 101. The number of carbonyl (C=O) groups excluding carboxylic acids is 17. The number of benzene rings is 3. The zero-order valence-corrected chi connectivity index (χ0v) is 69.1. The lowest BCUT2D eigenvalue weighted by Gasteiger charge is -2.30. The number of fused-ring (bicyclic) bond motifs is 1. The van der Waals surface area contributed by atoms with E-state index in [0.29, 0.717) is 29.3 Å². The second kappa shape index (κ2) is 50.9. The number of anilines is 1. The van der Waals surface area contributed by atoms with Gasteiger partial charge in [-0.2, -0.15) is 0 Å². The molecule has 24 N–H and O–H groups in total. The fourth-order valence-electron chi connectivity index (χ4n) is 12.8. The van der Waals surface area contributed by atoms with E-state index in [1.165, 1.54) is 49.6 Å². The Labute approximate surface area is 714 Å². The lowest BCUT2D eigenvalue weighted by molar-refractivity contribution is -0.156. The quantitative estimate of drug-likeness (QED) is 0.00877. The number of H-pyrrole nitrogens is 1. The predicted molar refractivity (Wildman–Crippen MR) is 437 cm³/mol. The molecule has 125 heavy (non-hydrogen) atoms. The van der Waals surface area contributed by atoms with Crippen LogP contribution >= 0.6 is 0 Å². The maximum absolute atomic E-state index is 15.0. The Morgan fingerprint density at radius 1 is 0.544 bits per heavy atom. The second-order valence-electron chi connectivity index (χ2n) is 29.4. The summed E-state index contributed by atoms with van der Waals surface area (Å²) in [6, 6.07) is -5.15. The molecule has 13 atom stereocenters. The molecule has 15 amide bonds. The van der Waals surface area contributed by atoms with Crippen LogP contribution in [-0.2, 0) is 102 Å². The summed E-state index contributed by atoms with van der Waals surface area (Å²) in [5.74, 6) is -30.9. The molecule has 0 radical (unpaired) electrons. The number of carbonyl (C=O) groups is 21. The van der Waals surface area contributed by atoms with Crippen LogP contribution in [0.5, 0.6) is 5.75 Å². The van der Waals surface area contributed by atoms with Gasteiger partial charge in [-0.15, -0.1) is 0 Å². The van der Waals surface area contributed by atoms with E-state index in [4.69, 9.17) is 20.9 Å². The van der Waals surface area contributed by atoms with E-state index in [0.717, 1.165) is 52.9 Å². The SMILES string of the molecule is CCCCCCCCCC(=O)N[C@@H](Cc1c[nH]c2ccccc12)C(=O)N[C@@H](CC(N)=O)C(=O)N[C@@H](CC(=O)O)C(=O)NC1C(=O)NCC(=O)N[C@@H](CCCNC(=O)c2ccccc2OC)C(=O)NC(CC(=O)O)C(=O)N[C@H](C)C(=O)N[C@@H](CC(=O)O)C(=O)NCC(=O)N[C@H](CO)C(=O)NC([C@H](C)CC(=O)O)C(=O)N[C@@H](CC(=O)c2ccccc2N)C(=O)OC1C. The first-order chi connectivity index (χ1) is 59.2. The normalized spacial score (nSPS) is 20.3. The fourth-order valence-corrected chi connectivity index (χ4v) is 12.8. The van der Waals surface area contributed by atoms with Crippen LogP contribution in [0, 0.1) is 5.92 Å². The number of nitrogens with one attached hydrogen (secondary N) is 15. The number of amides is 15. The Balaban J connectivity index is 1.64. The van der Waals surface area contributed by atoms with Gasteiger partial charge in [-0.1, -0.05) is 94.8 Å². The molecule has 1 aliphatic heterocycles. The van der Waals surface area contributed by atoms with Crippen LogP contribution in [0.3, 0.4) is 0 Å². The van der Waals surface area contributed by atoms with Crippen molar-refractivity contribution in [3.05, 3.63) is 95.7 Å². The number of carboxylic acid groups (broad SMARTS) is 4. The summed E-state index contributed by atoms with van der Waals surface area (Å²) in [5.41, 5.74) is 12.4. The van der Waals surface area contributed by atoms with E-state index < -0.39 is 267 Å². The van der Waals surface area contributed by atoms with Crippen molar-refractivity contribution in [3.8, 4) is 5.75 Å². The van der Waals surface area contributed by atoms with E-state index in [2.05, 4.69) is 70.4 Å². The molecule has 1 saturated heterocycles. The van der Waals surface area contributed by atoms with Crippen LogP contribution < -0.4 is 90.6 Å². The van der Waals surface area contributed by atoms with Crippen molar-refractivity contribution in [3.63, 3.8) is 0 Å². The second-order valence-corrected chi connectivity index (χ2v) is 29.4. The van der Waals surface area contributed by atoms with Crippen LogP contribution in [0.1, 0.15) is 157 Å². The molecule has 0 aliphatic carbocycles. The molecule has 0 bridgehead atoms. The first-order valence-electron chi connectivity index (χ1n) is 39.9. The average Bonchev–Trinajstić information content (AvgIpc) is 1.64. The molecule has 5 rings (SSSR count). The maximum atomic E-state index is 15.0. The Morgan fingerprint density at radius 3 is 1.70 bits per heavy atom. The van der Waals surface area contributed by atoms with Crippen molar-refractivity contribution >= 4 is 141 Å². The third-order valence-electron chi connectivity index (χ3n) is 19.5.